The zero-order valence-electron chi connectivity index (χ0n) is 11.7. The molecule has 0 atom stereocenters. The normalized spacial score (nSPS) is 11.8. The summed E-state index contributed by atoms with van der Waals surface area (Å²) >= 11 is 1.60. The van der Waals surface area contributed by atoms with E-state index >= 15 is 0 Å². The molecule has 0 fully saturated rings. The van der Waals surface area contributed by atoms with E-state index in [0.717, 1.165) is 22.0 Å². The number of thiazole rings is 1. The van der Waals surface area contributed by atoms with E-state index in [1.54, 1.807) is 17.5 Å². The zero-order chi connectivity index (χ0) is 14.2. The van der Waals surface area contributed by atoms with Gasteiger partial charge in [-0.3, -0.25) is 9.67 Å². The van der Waals surface area contributed by atoms with Gasteiger partial charge in [0.25, 0.3) is 0 Å². The third kappa shape index (κ3) is 2.49. The smallest absolute Gasteiger partial charge is 0.142 e. The van der Waals surface area contributed by atoms with Gasteiger partial charge in [-0.2, -0.15) is 5.10 Å². The van der Waals surface area contributed by atoms with Gasteiger partial charge in [0, 0.05) is 23.3 Å². The minimum Gasteiger partial charge on any atom is -0.267 e. The Labute approximate surface area is 122 Å². The average molecular weight is 284 g/mol. The number of pyridine rings is 1. The highest BCUT2D eigenvalue weighted by molar-refractivity contribution is 7.13. The number of nitrogens with zero attached hydrogens (tertiary/aromatic N) is 4. The van der Waals surface area contributed by atoms with Crippen LogP contribution in [0.1, 0.15) is 20.8 Å². The molecule has 5 heteroatoms. The second-order valence-corrected chi connectivity index (χ2v) is 6.46. The molecule has 0 aromatic carbocycles. The van der Waals surface area contributed by atoms with Gasteiger partial charge < -0.3 is 0 Å². The molecule has 0 bridgehead atoms. The third-order valence-corrected chi connectivity index (χ3v) is 3.82. The Morgan fingerprint density at radius 2 is 2.00 bits per heavy atom. The highest BCUT2D eigenvalue weighted by Gasteiger charge is 2.16. The second kappa shape index (κ2) is 4.83. The maximum atomic E-state index is 4.65. The summed E-state index contributed by atoms with van der Waals surface area (Å²) in [7, 11) is 0. The lowest BCUT2D eigenvalue weighted by Gasteiger charge is -2.18. The molecule has 0 saturated heterocycles. The molecule has 0 aliphatic rings. The molecule has 0 amide bonds. The number of hydrogen-bond donors (Lipinski definition) is 0. The first kappa shape index (κ1) is 13.0. The van der Waals surface area contributed by atoms with E-state index in [0.29, 0.717) is 0 Å². The van der Waals surface area contributed by atoms with Gasteiger partial charge in [0.15, 0.2) is 0 Å². The van der Waals surface area contributed by atoms with Crippen LogP contribution in [0, 0.1) is 0 Å². The van der Waals surface area contributed by atoms with Crippen LogP contribution >= 0.6 is 11.3 Å². The lowest BCUT2D eigenvalue weighted by molar-refractivity contribution is 0.355. The summed E-state index contributed by atoms with van der Waals surface area (Å²) in [5.41, 5.74) is 2.88. The van der Waals surface area contributed by atoms with Gasteiger partial charge in [0.05, 0.1) is 23.1 Å². The summed E-state index contributed by atoms with van der Waals surface area (Å²) in [6, 6.07) is 5.85. The lowest BCUT2D eigenvalue weighted by Crippen LogP contribution is -2.21. The minimum absolute atomic E-state index is 0.0158. The van der Waals surface area contributed by atoms with E-state index in [9.17, 15) is 0 Å². The number of aromatic nitrogens is 4. The molecular formula is C15H16N4S. The fraction of sp³-hybridized carbons (Fsp3) is 0.267. The Kier molecular flexibility index (Phi) is 3.14. The van der Waals surface area contributed by atoms with Crippen LogP contribution in [0.4, 0.5) is 0 Å². The Bertz CT molecular complexity index is 707. The van der Waals surface area contributed by atoms with Gasteiger partial charge in [-0.25, -0.2) is 4.98 Å². The average Bonchev–Trinajstić information content (AvgIpc) is 3.08. The number of rotatable bonds is 2. The summed E-state index contributed by atoms with van der Waals surface area (Å²) in [6.07, 6.45) is 5.69. The predicted octanol–water partition coefficient (Wildman–Crippen LogP) is 3.82. The monoisotopic (exact) mass is 284 g/mol. The standard InChI is InChI=1S/C15H16N4S/c1-15(2,3)19-9-11(8-17-19)13-10-20-14(18-13)12-6-4-5-7-16-12/h4-10H,1-3H3. The second-order valence-electron chi connectivity index (χ2n) is 5.60. The van der Waals surface area contributed by atoms with Crippen LogP contribution in [0.5, 0.6) is 0 Å². The van der Waals surface area contributed by atoms with Crippen molar-refractivity contribution in [3.05, 3.63) is 42.2 Å². The van der Waals surface area contributed by atoms with Crippen molar-refractivity contribution in [1.29, 1.82) is 0 Å². The Balaban J connectivity index is 1.93. The molecule has 0 saturated carbocycles. The van der Waals surface area contributed by atoms with Gasteiger partial charge in [-0.15, -0.1) is 11.3 Å². The first-order valence-corrected chi connectivity index (χ1v) is 7.34. The third-order valence-electron chi connectivity index (χ3n) is 2.95. The molecule has 0 N–H and O–H groups in total. The molecule has 20 heavy (non-hydrogen) atoms. The summed E-state index contributed by atoms with van der Waals surface area (Å²) in [4.78, 5) is 8.98. The van der Waals surface area contributed by atoms with E-state index in [2.05, 4.69) is 35.8 Å². The molecule has 3 heterocycles. The van der Waals surface area contributed by atoms with Crippen molar-refractivity contribution in [1.82, 2.24) is 19.7 Å². The van der Waals surface area contributed by atoms with E-state index in [4.69, 9.17) is 0 Å². The molecular weight excluding hydrogens is 268 g/mol. The SMILES string of the molecule is CC(C)(C)n1cc(-c2csc(-c3ccccn3)n2)cn1. The van der Waals surface area contributed by atoms with Crippen LogP contribution in [0.25, 0.3) is 22.0 Å². The van der Waals surface area contributed by atoms with Crippen molar-refractivity contribution in [2.45, 2.75) is 26.3 Å². The van der Waals surface area contributed by atoms with E-state index < -0.39 is 0 Å². The van der Waals surface area contributed by atoms with Gasteiger partial charge in [-0.05, 0) is 32.9 Å². The van der Waals surface area contributed by atoms with E-state index in [-0.39, 0.29) is 5.54 Å². The summed E-state index contributed by atoms with van der Waals surface area (Å²) in [5, 5.41) is 7.40. The quantitative estimate of drug-likeness (QED) is 0.718. The maximum Gasteiger partial charge on any atom is 0.142 e. The van der Waals surface area contributed by atoms with Crippen molar-refractivity contribution >= 4 is 11.3 Å². The molecule has 0 aliphatic heterocycles. The van der Waals surface area contributed by atoms with Crippen LogP contribution in [0.15, 0.2) is 42.2 Å². The minimum atomic E-state index is -0.0158. The molecule has 102 valence electrons. The summed E-state index contributed by atoms with van der Waals surface area (Å²) in [5.74, 6) is 0. The predicted molar refractivity (Wildman–Crippen MR) is 81.6 cm³/mol. The number of hydrogen-bond acceptors (Lipinski definition) is 4. The van der Waals surface area contributed by atoms with Gasteiger partial charge >= 0.3 is 0 Å². The molecule has 0 radical (unpaired) electrons. The summed E-state index contributed by atoms with van der Waals surface area (Å²) in [6.45, 7) is 6.39. The van der Waals surface area contributed by atoms with Crippen LogP contribution < -0.4 is 0 Å². The Morgan fingerprint density at radius 3 is 2.65 bits per heavy atom. The van der Waals surface area contributed by atoms with Crippen LogP contribution in [0.2, 0.25) is 0 Å². The van der Waals surface area contributed by atoms with Crippen molar-refractivity contribution in [2.75, 3.05) is 0 Å². The largest absolute Gasteiger partial charge is 0.267 e. The molecule has 3 aromatic heterocycles. The maximum absolute atomic E-state index is 4.65. The van der Waals surface area contributed by atoms with Crippen LogP contribution in [-0.4, -0.2) is 19.7 Å². The molecule has 0 unspecified atom stereocenters. The van der Waals surface area contributed by atoms with E-state index in [1.165, 1.54) is 0 Å². The molecule has 0 aliphatic carbocycles. The molecule has 3 aromatic rings. The first-order chi connectivity index (χ1) is 9.54. The lowest BCUT2D eigenvalue weighted by atomic mass is 10.1. The van der Waals surface area contributed by atoms with Gasteiger partial charge in [-0.1, -0.05) is 6.07 Å². The molecule has 3 rings (SSSR count). The highest BCUT2D eigenvalue weighted by Crippen LogP contribution is 2.28. The Morgan fingerprint density at radius 1 is 1.15 bits per heavy atom. The zero-order valence-corrected chi connectivity index (χ0v) is 12.6. The highest BCUT2D eigenvalue weighted by atomic mass is 32.1. The van der Waals surface area contributed by atoms with Crippen LogP contribution in [0.3, 0.4) is 0 Å². The first-order valence-electron chi connectivity index (χ1n) is 6.46. The van der Waals surface area contributed by atoms with E-state index in [1.807, 2.05) is 40.7 Å². The van der Waals surface area contributed by atoms with Gasteiger partial charge in [0.1, 0.15) is 5.01 Å². The van der Waals surface area contributed by atoms with Crippen LogP contribution in [-0.2, 0) is 5.54 Å². The van der Waals surface area contributed by atoms with Crippen molar-refractivity contribution < 1.29 is 0 Å². The van der Waals surface area contributed by atoms with Crippen molar-refractivity contribution in [2.24, 2.45) is 0 Å². The molecule has 0 spiro atoms. The Hall–Kier alpha value is -2.01. The van der Waals surface area contributed by atoms with Crippen molar-refractivity contribution in [3.8, 4) is 22.0 Å². The van der Waals surface area contributed by atoms with Crippen molar-refractivity contribution in [3.63, 3.8) is 0 Å². The molecule has 4 nitrogen and oxygen atoms in total. The fourth-order valence-electron chi connectivity index (χ4n) is 1.84. The topological polar surface area (TPSA) is 43.6 Å². The van der Waals surface area contributed by atoms with Gasteiger partial charge in [0.2, 0.25) is 0 Å². The fourth-order valence-corrected chi connectivity index (χ4v) is 2.64. The summed E-state index contributed by atoms with van der Waals surface area (Å²) < 4.78 is 1.96.